The normalized spacial score (nSPS) is 27.9. The zero-order valence-electron chi connectivity index (χ0n) is 9.19. The Bertz CT molecular complexity index is 233. The summed E-state index contributed by atoms with van der Waals surface area (Å²) < 4.78 is 0. The summed E-state index contributed by atoms with van der Waals surface area (Å²) in [6.07, 6.45) is 3.77. The molecule has 0 spiro atoms. The molecule has 2 aliphatic heterocycles. The van der Waals surface area contributed by atoms with Gasteiger partial charge in [-0.05, 0) is 32.4 Å². The molecule has 2 rings (SSSR count). The molecule has 4 heteroatoms. The summed E-state index contributed by atoms with van der Waals surface area (Å²) >= 11 is 0. The largest absolute Gasteiger partial charge is 0.481 e. The summed E-state index contributed by atoms with van der Waals surface area (Å²) in [6, 6.07) is 0.753. The Hall–Kier alpha value is -0.610. The van der Waals surface area contributed by atoms with E-state index in [0.717, 1.165) is 32.1 Å². The van der Waals surface area contributed by atoms with Gasteiger partial charge >= 0.3 is 5.97 Å². The van der Waals surface area contributed by atoms with Crippen LogP contribution in [0.5, 0.6) is 0 Å². The molecule has 15 heavy (non-hydrogen) atoms. The maximum absolute atomic E-state index is 10.4. The van der Waals surface area contributed by atoms with E-state index >= 15 is 0 Å². The summed E-state index contributed by atoms with van der Waals surface area (Å²) in [6.45, 7) is 5.68. The average Bonchev–Trinajstić information content (AvgIpc) is 2.64. The fourth-order valence-electron chi connectivity index (χ4n) is 2.71. The third-order valence-electron chi connectivity index (χ3n) is 3.54. The second kappa shape index (κ2) is 4.94. The molecule has 0 radical (unpaired) electrons. The Kier molecular flexibility index (Phi) is 3.59. The van der Waals surface area contributed by atoms with Gasteiger partial charge in [0.25, 0.3) is 0 Å². The predicted octanol–water partition coefficient (Wildman–Crippen LogP) is 0.631. The maximum atomic E-state index is 10.4. The van der Waals surface area contributed by atoms with Gasteiger partial charge in [-0.15, -0.1) is 0 Å². The summed E-state index contributed by atoms with van der Waals surface area (Å²) in [5, 5.41) is 8.57. The highest BCUT2D eigenvalue weighted by Gasteiger charge is 2.29. The van der Waals surface area contributed by atoms with Crippen LogP contribution in [-0.2, 0) is 4.79 Å². The topological polar surface area (TPSA) is 43.8 Å². The zero-order chi connectivity index (χ0) is 10.7. The van der Waals surface area contributed by atoms with E-state index in [1.807, 2.05) is 0 Å². The Balaban J connectivity index is 1.68. The minimum absolute atomic E-state index is 0.310. The second-order valence-electron chi connectivity index (χ2n) is 4.63. The van der Waals surface area contributed by atoms with E-state index in [-0.39, 0.29) is 0 Å². The first-order valence-corrected chi connectivity index (χ1v) is 5.94. The zero-order valence-corrected chi connectivity index (χ0v) is 9.19. The Morgan fingerprint density at radius 1 is 1.33 bits per heavy atom. The predicted molar refractivity (Wildman–Crippen MR) is 57.9 cm³/mol. The highest BCUT2D eigenvalue weighted by atomic mass is 16.4. The Morgan fingerprint density at radius 3 is 3.00 bits per heavy atom. The fourth-order valence-corrected chi connectivity index (χ4v) is 2.71. The molecule has 0 aromatic heterocycles. The first-order valence-electron chi connectivity index (χ1n) is 5.94. The van der Waals surface area contributed by atoms with Crippen molar-refractivity contribution >= 4 is 5.97 Å². The van der Waals surface area contributed by atoms with E-state index in [0.29, 0.717) is 6.42 Å². The van der Waals surface area contributed by atoms with Crippen LogP contribution in [0.2, 0.25) is 0 Å². The summed E-state index contributed by atoms with van der Waals surface area (Å²) in [4.78, 5) is 15.4. The third kappa shape index (κ3) is 2.92. The summed E-state index contributed by atoms with van der Waals surface area (Å²) in [7, 11) is 0. The number of aliphatic carboxylic acids is 1. The van der Waals surface area contributed by atoms with Crippen LogP contribution in [0, 0.1) is 0 Å². The monoisotopic (exact) mass is 212 g/mol. The fraction of sp³-hybridized carbons (Fsp3) is 0.909. The molecule has 2 aliphatic rings. The molecule has 0 amide bonds. The highest BCUT2D eigenvalue weighted by Crippen LogP contribution is 2.21. The van der Waals surface area contributed by atoms with Crippen LogP contribution in [0.1, 0.15) is 25.7 Å². The summed E-state index contributed by atoms with van der Waals surface area (Å²) in [5.74, 6) is -0.672. The minimum Gasteiger partial charge on any atom is -0.481 e. The number of carboxylic acids is 1. The SMILES string of the molecule is O=C(O)CCCN1CCN2CCCC2C1. The highest BCUT2D eigenvalue weighted by molar-refractivity contribution is 5.66. The van der Waals surface area contributed by atoms with Gasteiger partial charge in [0.2, 0.25) is 0 Å². The van der Waals surface area contributed by atoms with Crippen LogP contribution in [0.3, 0.4) is 0 Å². The van der Waals surface area contributed by atoms with Gasteiger partial charge in [0.05, 0.1) is 0 Å². The quantitative estimate of drug-likeness (QED) is 0.742. The number of hydrogen-bond donors (Lipinski definition) is 1. The van der Waals surface area contributed by atoms with Crippen LogP contribution < -0.4 is 0 Å². The molecule has 1 atom stereocenters. The van der Waals surface area contributed by atoms with Crippen molar-refractivity contribution in [1.29, 1.82) is 0 Å². The first-order chi connectivity index (χ1) is 7.25. The summed E-state index contributed by atoms with van der Waals surface area (Å²) in [5.41, 5.74) is 0. The number of rotatable bonds is 4. The lowest BCUT2D eigenvalue weighted by molar-refractivity contribution is -0.137. The average molecular weight is 212 g/mol. The molecule has 1 N–H and O–H groups in total. The van der Waals surface area contributed by atoms with E-state index in [1.54, 1.807) is 0 Å². The van der Waals surface area contributed by atoms with Gasteiger partial charge in [-0.25, -0.2) is 0 Å². The van der Waals surface area contributed by atoms with Gasteiger partial charge in [0, 0.05) is 32.1 Å². The van der Waals surface area contributed by atoms with Crippen molar-refractivity contribution in [3.63, 3.8) is 0 Å². The van der Waals surface area contributed by atoms with Crippen molar-refractivity contribution in [2.75, 3.05) is 32.7 Å². The lowest BCUT2D eigenvalue weighted by Crippen LogP contribution is -2.50. The van der Waals surface area contributed by atoms with Crippen LogP contribution >= 0.6 is 0 Å². The van der Waals surface area contributed by atoms with Crippen molar-refractivity contribution in [1.82, 2.24) is 9.80 Å². The van der Waals surface area contributed by atoms with Crippen LogP contribution in [0.25, 0.3) is 0 Å². The lowest BCUT2D eigenvalue weighted by atomic mass is 10.1. The van der Waals surface area contributed by atoms with E-state index in [4.69, 9.17) is 5.11 Å². The molecule has 2 saturated heterocycles. The molecule has 0 aromatic rings. The molecule has 0 aliphatic carbocycles. The molecule has 4 nitrogen and oxygen atoms in total. The van der Waals surface area contributed by atoms with E-state index < -0.39 is 5.97 Å². The number of piperazine rings is 1. The third-order valence-corrected chi connectivity index (χ3v) is 3.54. The molecule has 0 bridgehead atoms. The maximum Gasteiger partial charge on any atom is 0.303 e. The number of carboxylic acid groups (broad SMARTS) is 1. The van der Waals surface area contributed by atoms with Gasteiger partial charge in [-0.3, -0.25) is 9.69 Å². The van der Waals surface area contributed by atoms with Gasteiger partial charge in [0.1, 0.15) is 0 Å². The molecular formula is C11H20N2O2. The molecule has 1 unspecified atom stereocenters. The Labute approximate surface area is 90.9 Å². The van der Waals surface area contributed by atoms with Crippen LogP contribution in [-0.4, -0.2) is 59.6 Å². The molecule has 2 heterocycles. The van der Waals surface area contributed by atoms with Crippen molar-refractivity contribution in [3.8, 4) is 0 Å². The lowest BCUT2D eigenvalue weighted by Gasteiger charge is -2.37. The number of fused-ring (bicyclic) bond motifs is 1. The number of carbonyl (C=O) groups is 1. The van der Waals surface area contributed by atoms with E-state index in [1.165, 1.54) is 25.9 Å². The van der Waals surface area contributed by atoms with E-state index in [2.05, 4.69) is 9.80 Å². The van der Waals surface area contributed by atoms with Crippen molar-refractivity contribution in [3.05, 3.63) is 0 Å². The minimum atomic E-state index is -0.672. The number of nitrogens with zero attached hydrogens (tertiary/aromatic N) is 2. The van der Waals surface area contributed by atoms with E-state index in [9.17, 15) is 4.79 Å². The van der Waals surface area contributed by atoms with Crippen LogP contribution in [0.4, 0.5) is 0 Å². The number of hydrogen-bond acceptors (Lipinski definition) is 3. The first kappa shape index (κ1) is 10.9. The van der Waals surface area contributed by atoms with Crippen molar-refractivity contribution in [2.24, 2.45) is 0 Å². The van der Waals surface area contributed by atoms with Gasteiger partial charge in [0.15, 0.2) is 0 Å². The van der Waals surface area contributed by atoms with Crippen molar-refractivity contribution in [2.45, 2.75) is 31.7 Å². The molecule has 2 fully saturated rings. The van der Waals surface area contributed by atoms with Crippen LogP contribution in [0.15, 0.2) is 0 Å². The van der Waals surface area contributed by atoms with Crippen molar-refractivity contribution < 1.29 is 9.90 Å². The second-order valence-corrected chi connectivity index (χ2v) is 4.63. The standard InChI is InChI=1S/C11H20N2O2/c14-11(15)4-2-5-12-7-8-13-6-1-3-10(13)9-12/h10H,1-9H2,(H,14,15). The Morgan fingerprint density at radius 2 is 2.20 bits per heavy atom. The molecular weight excluding hydrogens is 192 g/mol. The van der Waals surface area contributed by atoms with Gasteiger partial charge in [-0.1, -0.05) is 0 Å². The smallest absolute Gasteiger partial charge is 0.303 e. The molecule has 0 saturated carbocycles. The molecule has 0 aromatic carbocycles. The molecule has 86 valence electrons. The van der Waals surface area contributed by atoms with Gasteiger partial charge in [-0.2, -0.15) is 0 Å². The van der Waals surface area contributed by atoms with Gasteiger partial charge < -0.3 is 10.0 Å².